The van der Waals surface area contributed by atoms with Gasteiger partial charge in [-0.3, -0.25) is 4.79 Å². The minimum absolute atomic E-state index is 0.0341. The number of carbonyl (C=O) groups is 1. The molecule has 1 atom stereocenters. The van der Waals surface area contributed by atoms with Crippen LogP contribution in [0.15, 0.2) is 48.5 Å². The Kier molecular flexibility index (Phi) is 4.57. The van der Waals surface area contributed by atoms with Gasteiger partial charge in [0.25, 0.3) is 0 Å². The van der Waals surface area contributed by atoms with Crippen molar-refractivity contribution in [1.82, 2.24) is 5.32 Å². The van der Waals surface area contributed by atoms with Crippen molar-refractivity contribution in [2.75, 3.05) is 0 Å². The monoisotopic (exact) mass is 267 g/mol. The van der Waals surface area contributed by atoms with Crippen LogP contribution in [-0.4, -0.2) is 5.91 Å². The number of nitrogens with one attached hydrogen (secondary N) is 1. The molecule has 2 aromatic rings. The largest absolute Gasteiger partial charge is 0.349 e. The molecule has 20 heavy (non-hydrogen) atoms. The topological polar surface area (TPSA) is 29.1 Å². The third-order valence-electron chi connectivity index (χ3n) is 3.48. The Labute approximate surface area is 120 Å². The second-order valence-electron chi connectivity index (χ2n) is 5.31. The summed E-state index contributed by atoms with van der Waals surface area (Å²) in [7, 11) is 0. The van der Waals surface area contributed by atoms with Crippen molar-refractivity contribution in [2.24, 2.45) is 0 Å². The quantitative estimate of drug-likeness (QED) is 0.898. The molecule has 0 aliphatic carbocycles. The van der Waals surface area contributed by atoms with E-state index in [-0.39, 0.29) is 11.9 Å². The van der Waals surface area contributed by atoms with E-state index in [1.165, 1.54) is 16.7 Å². The maximum absolute atomic E-state index is 12.1. The highest BCUT2D eigenvalue weighted by Gasteiger charge is 2.12. The maximum Gasteiger partial charge on any atom is 0.224 e. The fourth-order valence-corrected chi connectivity index (χ4v) is 2.46. The molecule has 0 aliphatic heterocycles. The van der Waals surface area contributed by atoms with Gasteiger partial charge in [0.2, 0.25) is 5.91 Å². The van der Waals surface area contributed by atoms with Gasteiger partial charge in [-0.05, 0) is 37.5 Å². The van der Waals surface area contributed by atoms with Gasteiger partial charge >= 0.3 is 0 Å². The Balaban J connectivity index is 2.00. The summed E-state index contributed by atoms with van der Waals surface area (Å²) < 4.78 is 0. The Morgan fingerprint density at radius 3 is 2.45 bits per heavy atom. The lowest BCUT2D eigenvalue weighted by Crippen LogP contribution is -2.28. The van der Waals surface area contributed by atoms with E-state index in [1.807, 2.05) is 37.3 Å². The number of benzene rings is 2. The first kappa shape index (κ1) is 14.3. The molecule has 1 amide bonds. The van der Waals surface area contributed by atoms with Crippen LogP contribution in [0.1, 0.15) is 35.2 Å². The average molecular weight is 267 g/mol. The minimum Gasteiger partial charge on any atom is -0.349 e. The molecule has 104 valence electrons. The molecule has 0 heterocycles. The van der Waals surface area contributed by atoms with Gasteiger partial charge in [0.1, 0.15) is 0 Å². The highest BCUT2D eigenvalue weighted by Crippen LogP contribution is 2.18. The molecule has 0 saturated heterocycles. The van der Waals surface area contributed by atoms with Crippen molar-refractivity contribution >= 4 is 5.91 Å². The van der Waals surface area contributed by atoms with Gasteiger partial charge in [0, 0.05) is 0 Å². The molecule has 0 radical (unpaired) electrons. The first-order chi connectivity index (χ1) is 9.56. The van der Waals surface area contributed by atoms with E-state index in [1.54, 1.807) is 0 Å². The summed E-state index contributed by atoms with van der Waals surface area (Å²) in [5, 5.41) is 3.07. The zero-order valence-electron chi connectivity index (χ0n) is 12.3. The van der Waals surface area contributed by atoms with Crippen molar-refractivity contribution in [3.05, 3.63) is 70.8 Å². The number of hydrogen-bond donors (Lipinski definition) is 1. The van der Waals surface area contributed by atoms with Crippen LogP contribution >= 0.6 is 0 Å². The molecule has 0 bridgehead atoms. The smallest absolute Gasteiger partial charge is 0.224 e. The second kappa shape index (κ2) is 6.38. The van der Waals surface area contributed by atoms with Crippen molar-refractivity contribution in [2.45, 2.75) is 33.2 Å². The van der Waals surface area contributed by atoms with Crippen molar-refractivity contribution < 1.29 is 4.79 Å². The molecule has 0 aliphatic rings. The third-order valence-corrected chi connectivity index (χ3v) is 3.48. The van der Waals surface area contributed by atoms with E-state index in [2.05, 4.69) is 37.4 Å². The van der Waals surface area contributed by atoms with E-state index in [4.69, 9.17) is 0 Å². The summed E-state index contributed by atoms with van der Waals surface area (Å²) in [4.78, 5) is 12.1. The lowest BCUT2D eigenvalue weighted by molar-refractivity contribution is -0.121. The normalized spacial score (nSPS) is 11.9. The summed E-state index contributed by atoms with van der Waals surface area (Å²) in [5.41, 5.74) is 4.68. The highest BCUT2D eigenvalue weighted by molar-refractivity contribution is 5.79. The molecule has 0 saturated carbocycles. The molecular formula is C18H21NO. The van der Waals surface area contributed by atoms with Gasteiger partial charge < -0.3 is 5.32 Å². The van der Waals surface area contributed by atoms with Crippen LogP contribution in [0.2, 0.25) is 0 Å². The van der Waals surface area contributed by atoms with Crippen LogP contribution in [-0.2, 0) is 11.2 Å². The van der Waals surface area contributed by atoms with Crippen molar-refractivity contribution in [1.29, 1.82) is 0 Å². The summed E-state index contributed by atoms with van der Waals surface area (Å²) in [6, 6.07) is 16.2. The average Bonchev–Trinajstić information content (AvgIpc) is 2.39. The Morgan fingerprint density at radius 2 is 1.80 bits per heavy atom. The summed E-state index contributed by atoms with van der Waals surface area (Å²) in [6.07, 6.45) is 0.427. The van der Waals surface area contributed by atoms with Crippen LogP contribution in [0, 0.1) is 13.8 Å². The van der Waals surface area contributed by atoms with Gasteiger partial charge in [-0.15, -0.1) is 0 Å². The molecule has 2 heteroatoms. The van der Waals surface area contributed by atoms with Gasteiger partial charge in [0.15, 0.2) is 0 Å². The van der Waals surface area contributed by atoms with E-state index < -0.39 is 0 Å². The summed E-state index contributed by atoms with van der Waals surface area (Å²) >= 11 is 0. The predicted molar refractivity (Wildman–Crippen MR) is 82.6 cm³/mol. The molecular weight excluding hydrogens is 246 g/mol. The second-order valence-corrected chi connectivity index (χ2v) is 5.31. The van der Waals surface area contributed by atoms with Gasteiger partial charge in [-0.25, -0.2) is 0 Å². The highest BCUT2D eigenvalue weighted by atomic mass is 16.1. The van der Waals surface area contributed by atoms with E-state index >= 15 is 0 Å². The Morgan fingerprint density at radius 1 is 1.10 bits per heavy atom. The molecule has 0 spiro atoms. The van der Waals surface area contributed by atoms with Crippen molar-refractivity contribution in [3.63, 3.8) is 0 Å². The molecule has 1 unspecified atom stereocenters. The van der Waals surface area contributed by atoms with Gasteiger partial charge in [-0.2, -0.15) is 0 Å². The molecule has 0 aromatic heterocycles. The van der Waals surface area contributed by atoms with Crippen LogP contribution in [0.5, 0.6) is 0 Å². The standard InChI is InChI=1S/C18H21NO/c1-13-9-10-17(14(2)11-13)15(3)19-18(20)12-16-7-5-4-6-8-16/h4-11,15H,12H2,1-3H3,(H,19,20). The molecule has 0 fully saturated rings. The summed E-state index contributed by atoms with van der Waals surface area (Å²) in [6.45, 7) is 6.19. The van der Waals surface area contributed by atoms with Crippen LogP contribution < -0.4 is 5.32 Å². The van der Waals surface area contributed by atoms with E-state index in [0.29, 0.717) is 6.42 Å². The Bertz CT molecular complexity index is 590. The first-order valence-electron chi connectivity index (χ1n) is 6.96. The number of amides is 1. The lowest BCUT2D eigenvalue weighted by Gasteiger charge is -2.17. The molecule has 2 aromatic carbocycles. The summed E-state index contributed by atoms with van der Waals surface area (Å²) in [5.74, 6) is 0.0590. The predicted octanol–water partition coefficient (Wildman–Crippen LogP) is 3.72. The van der Waals surface area contributed by atoms with Gasteiger partial charge in [-0.1, -0.05) is 54.1 Å². The fourth-order valence-electron chi connectivity index (χ4n) is 2.46. The minimum atomic E-state index is 0.0341. The van der Waals surface area contributed by atoms with Crippen molar-refractivity contribution in [3.8, 4) is 0 Å². The van der Waals surface area contributed by atoms with Gasteiger partial charge in [0.05, 0.1) is 12.5 Å². The van der Waals surface area contributed by atoms with Crippen LogP contribution in [0.3, 0.4) is 0 Å². The first-order valence-corrected chi connectivity index (χ1v) is 6.96. The molecule has 1 N–H and O–H groups in total. The fraction of sp³-hybridized carbons (Fsp3) is 0.278. The SMILES string of the molecule is Cc1ccc(C(C)NC(=O)Cc2ccccc2)c(C)c1. The maximum atomic E-state index is 12.1. The lowest BCUT2D eigenvalue weighted by atomic mass is 10.00. The zero-order chi connectivity index (χ0) is 14.5. The molecule has 2 rings (SSSR count). The van der Waals surface area contributed by atoms with Crippen LogP contribution in [0.4, 0.5) is 0 Å². The number of aryl methyl sites for hydroxylation is 2. The third kappa shape index (κ3) is 3.70. The number of rotatable bonds is 4. The number of hydrogen-bond acceptors (Lipinski definition) is 1. The van der Waals surface area contributed by atoms with E-state index in [0.717, 1.165) is 5.56 Å². The Hall–Kier alpha value is -2.09. The van der Waals surface area contributed by atoms with E-state index in [9.17, 15) is 4.79 Å². The molecule has 2 nitrogen and oxygen atoms in total. The zero-order valence-corrected chi connectivity index (χ0v) is 12.3. The van der Waals surface area contributed by atoms with Crippen LogP contribution in [0.25, 0.3) is 0 Å². The number of carbonyl (C=O) groups excluding carboxylic acids is 1.